The summed E-state index contributed by atoms with van der Waals surface area (Å²) in [6, 6.07) is 15.2. The van der Waals surface area contributed by atoms with E-state index in [0.717, 1.165) is 12.2 Å². The van der Waals surface area contributed by atoms with Gasteiger partial charge in [0.25, 0.3) is 0 Å². The van der Waals surface area contributed by atoms with Crippen LogP contribution in [0.1, 0.15) is 22.3 Å². The predicted octanol–water partition coefficient (Wildman–Crippen LogP) is 3.38. The molecular weight excluding hydrogens is 208 g/mol. The summed E-state index contributed by atoms with van der Waals surface area (Å²) >= 11 is 0. The number of aryl methyl sites for hydroxylation is 2. The lowest BCUT2D eigenvalue weighted by Gasteiger charge is -2.19. The van der Waals surface area contributed by atoms with Crippen LogP contribution in [0.15, 0.2) is 42.5 Å². The summed E-state index contributed by atoms with van der Waals surface area (Å²) in [6.07, 6.45) is 3.53. The van der Waals surface area contributed by atoms with Gasteiger partial charge in [0.05, 0.1) is 7.11 Å². The van der Waals surface area contributed by atoms with Crippen LogP contribution in [-0.4, -0.2) is 7.11 Å². The molecule has 0 radical (unpaired) electrons. The number of rotatable bonds is 3. The van der Waals surface area contributed by atoms with Crippen molar-refractivity contribution in [3.8, 4) is 5.75 Å². The highest BCUT2D eigenvalue weighted by Gasteiger charge is 2.12. The van der Waals surface area contributed by atoms with Crippen LogP contribution in [0.25, 0.3) is 0 Å². The van der Waals surface area contributed by atoms with E-state index < -0.39 is 0 Å². The molecule has 0 amide bonds. The molecule has 0 unspecified atom stereocenters. The van der Waals surface area contributed by atoms with Crippen molar-refractivity contribution < 1.29 is 4.74 Å². The minimum absolute atomic E-state index is 0.922. The van der Waals surface area contributed by atoms with Gasteiger partial charge in [0.2, 0.25) is 0 Å². The van der Waals surface area contributed by atoms with Crippen molar-refractivity contribution in [3.63, 3.8) is 0 Å². The predicted molar refractivity (Wildman–Crippen MR) is 69.7 cm³/mol. The molecule has 0 fully saturated rings. The third-order valence-corrected chi connectivity index (χ3v) is 3.50. The van der Waals surface area contributed by atoms with E-state index >= 15 is 0 Å². The molecule has 17 heavy (non-hydrogen) atoms. The smallest absolute Gasteiger partial charge is 0.118 e. The number of hydrogen-bond acceptors (Lipinski definition) is 1. The first-order valence-corrected chi connectivity index (χ1v) is 6.09. The fourth-order valence-corrected chi connectivity index (χ4v) is 2.34. The number of hydrogen-bond donors (Lipinski definition) is 0. The first kappa shape index (κ1) is 10.4. The van der Waals surface area contributed by atoms with Gasteiger partial charge in [-0.1, -0.05) is 30.3 Å². The number of methoxy groups -OCH3 is 1. The second-order valence-electron chi connectivity index (χ2n) is 4.63. The molecule has 0 heterocycles. The highest BCUT2D eigenvalue weighted by molar-refractivity contribution is 5.40. The molecule has 0 aromatic heterocycles. The first-order chi connectivity index (χ1) is 8.35. The molecular formula is C16H16O. The molecule has 86 valence electrons. The Balaban J connectivity index is 1.78. The average molecular weight is 224 g/mol. The second-order valence-corrected chi connectivity index (χ2v) is 4.63. The topological polar surface area (TPSA) is 9.23 Å². The van der Waals surface area contributed by atoms with Crippen LogP contribution in [0.3, 0.4) is 0 Å². The lowest BCUT2D eigenvalue weighted by Crippen LogP contribution is -2.08. The number of ether oxygens (including phenoxy) is 1. The molecule has 1 aliphatic carbocycles. The molecule has 0 atom stereocenters. The Hall–Kier alpha value is -1.76. The van der Waals surface area contributed by atoms with Crippen molar-refractivity contribution in [2.24, 2.45) is 0 Å². The van der Waals surface area contributed by atoms with E-state index in [0.29, 0.717) is 0 Å². The second kappa shape index (κ2) is 4.25. The van der Waals surface area contributed by atoms with Gasteiger partial charge < -0.3 is 4.74 Å². The summed E-state index contributed by atoms with van der Waals surface area (Å²) in [5.74, 6) is 0.922. The summed E-state index contributed by atoms with van der Waals surface area (Å²) < 4.78 is 5.16. The Morgan fingerprint density at radius 1 is 0.882 bits per heavy atom. The largest absolute Gasteiger partial charge is 0.497 e. The Bertz CT molecular complexity index is 526. The molecule has 1 heteroatoms. The van der Waals surface area contributed by atoms with E-state index in [-0.39, 0.29) is 0 Å². The van der Waals surface area contributed by atoms with Gasteiger partial charge in [-0.05, 0) is 53.6 Å². The van der Waals surface area contributed by atoms with Gasteiger partial charge >= 0.3 is 0 Å². The van der Waals surface area contributed by atoms with Gasteiger partial charge in [0, 0.05) is 0 Å². The molecule has 1 aliphatic rings. The number of benzene rings is 2. The lowest BCUT2D eigenvalue weighted by molar-refractivity contribution is 0.414. The molecule has 0 N–H and O–H groups in total. The lowest BCUT2D eigenvalue weighted by atomic mass is 9.86. The summed E-state index contributed by atoms with van der Waals surface area (Å²) in [6.45, 7) is 0. The Kier molecular flexibility index (Phi) is 2.60. The van der Waals surface area contributed by atoms with Crippen molar-refractivity contribution in [2.45, 2.75) is 19.3 Å². The van der Waals surface area contributed by atoms with Gasteiger partial charge in [-0.15, -0.1) is 0 Å². The molecule has 2 aromatic rings. The van der Waals surface area contributed by atoms with E-state index in [9.17, 15) is 0 Å². The van der Waals surface area contributed by atoms with E-state index in [1.165, 1.54) is 35.1 Å². The van der Waals surface area contributed by atoms with Gasteiger partial charge in [0.15, 0.2) is 0 Å². The van der Waals surface area contributed by atoms with Crippen molar-refractivity contribution in [2.75, 3.05) is 7.11 Å². The molecule has 3 rings (SSSR count). The van der Waals surface area contributed by atoms with Crippen LogP contribution in [0, 0.1) is 0 Å². The van der Waals surface area contributed by atoms with Crippen molar-refractivity contribution in [3.05, 3.63) is 64.7 Å². The van der Waals surface area contributed by atoms with Crippen LogP contribution < -0.4 is 4.74 Å². The van der Waals surface area contributed by atoms with Crippen LogP contribution in [0.5, 0.6) is 5.75 Å². The van der Waals surface area contributed by atoms with E-state index in [2.05, 4.69) is 30.3 Å². The summed E-state index contributed by atoms with van der Waals surface area (Å²) in [5, 5.41) is 0. The molecule has 0 spiro atoms. The molecule has 2 aromatic carbocycles. The van der Waals surface area contributed by atoms with Crippen LogP contribution in [-0.2, 0) is 19.3 Å². The Labute approximate surface area is 102 Å². The van der Waals surface area contributed by atoms with Gasteiger partial charge in [-0.3, -0.25) is 0 Å². The van der Waals surface area contributed by atoms with Gasteiger partial charge in [-0.2, -0.15) is 0 Å². The van der Waals surface area contributed by atoms with Crippen LogP contribution in [0.4, 0.5) is 0 Å². The molecule has 0 bridgehead atoms. The first-order valence-electron chi connectivity index (χ1n) is 6.09. The minimum atomic E-state index is 0.922. The third-order valence-electron chi connectivity index (χ3n) is 3.50. The summed E-state index contributed by atoms with van der Waals surface area (Å²) in [4.78, 5) is 0. The standard InChI is InChI=1S/C16H16O/c1-17-16-8-3-12(4-9-16)10-13-2-5-14-6-7-15(14)11-13/h2-5,8-9,11H,6-7,10H2,1H3. The van der Waals surface area contributed by atoms with Crippen molar-refractivity contribution in [1.82, 2.24) is 0 Å². The summed E-state index contributed by atoms with van der Waals surface area (Å²) in [5.41, 5.74) is 5.82. The Morgan fingerprint density at radius 3 is 2.18 bits per heavy atom. The van der Waals surface area contributed by atoms with E-state index in [1.54, 1.807) is 7.11 Å². The zero-order valence-corrected chi connectivity index (χ0v) is 10.1. The molecule has 1 nitrogen and oxygen atoms in total. The maximum absolute atomic E-state index is 5.16. The highest BCUT2D eigenvalue weighted by Crippen LogP contribution is 2.25. The minimum Gasteiger partial charge on any atom is -0.497 e. The zero-order valence-electron chi connectivity index (χ0n) is 10.1. The maximum Gasteiger partial charge on any atom is 0.118 e. The van der Waals surface area contributed by atoms with Crippen molar-refractivity contribution >= 4 is 0 Å². The van der Waals surface area contributed by atoms with Crippen LogP contribution >= 0.6 is 0 Å². The maximum atomic E-state index is 5.16. The molecule has 0 aliphatic heterocycles. The summed E-state index contributed by atoms with van der Waals surface area (Å²) in [7, 11) is 1.70. The van der Waals surface area contributed by atoms with E-state index in [4.69, 9.17) is 4.74 Å². The third kappa shape index (κ3) is 2.05. The van der Waals surface area contributed by atoms with E-state index in [1.807, 2.05) is 12.1 Å². The monoisotopic (exact) mass is 224 g/mol. The van der Waals surface area contributed by atoms with Gasteiger partial charge in [0.1, 0.15) is 5.75 Å². The van der Waals surface area contributed by atoms with Crippen molar-refractivity contribution in [1.29, 1.82) is 0 Å². The fraction of sp³-hybridized carbons (Fsp3) is 0.250. The number of fused-ring (bicyclic) bond motifs is 1. The fourth-order valence-electron chi connectivity index (χ4n) is 2.34. The Morgan fingerprint density at radius 2 is 1.59 bits per heavy atom. The SMILES string of the molecule is COc1ccc(Cc2ccc3c(c2)CC3)cc1. The van der Waals surface area contributed by atoms with Crippen LogP contribution in [0.2, 0.25) is 0 Å². The highest BCUT2D eigenvalue weighted by atomic mass is 16.5. The zero-order chi connectivity index (χ0) is 11.7. The molecule has 0 saturated heterocycles. The normalized spacial score (nSPS) is 12.8. The van der Waals surface area contributed by atoms with Gasteiger partial charge in [-0.25, -0.2) is 0 Å². The molecule has 0 saturated carbocycles. The average Bonchev–Trinajstić information content (AvgIpc) is 2.34. The quantitative estimate of drug-likeness (QED) is 0.776.